The second kappa shape index (κ2) is 6.22. The first-order valence-corrected chi connectivity index (χ1v) is 7.80. The molecule has 1 aliphatic rings. The Bertz CT molecular complexity index is 650. The van der Waals surface area contributed by atoms with Gasteiger partial charge >= 0.3 is 0 Å². The fraction of sp³-hybridized carbons (Fsp3) is 0.412. The summed E-state index contributed by atoms with van der Waals surface area (Å²) in [7, 11) is 4.13. The lowest BCUT2D eigenvalue weighted by Crippen LogP contribution is -2.53. The third-order valence-electron chi connectivity index (χ3n) is 4.52. The van der Waals surface area contributed by atoms with Crippen molar-refractivity contribution in [2.45, 2.75) is 25.4 Å². The molecule has 1 aliphatic heterocycles. The van der Waals surface area contributed by atoms with Crippen molar-refractivity contribution in [3.63, 3.8) is 0 Å². The zero-order valence-electron chi connectivity index (χ0n) is 13.2. The van der Waals surface area contributed by atoms with Crippen molar-refractivity contribution in [2.75, 3.05) is 11.4 Å². The van der Waals surface area contributed by atoms with Crippen molar-refractivity contribution in [3.05, 3.63) is 36.4 Å². The Kier molecular flexibility index (Phi) is 4.13. The number of carbonyl (C=O) groups excluding carboxylic acids is 1. The van der Waals surface area contributed by atoms with Crippen LogP contribution in [0.2, 0.25) is 0 Å². The van der Waals surface area contributed by atoms with Crippen molar-refractivity contribution < 1.29 is 9.48 Å². The Morgan fingerprint density at radius 2 is 2.05 bits per heavy atom. The molecule has 5 nitrogen and oxygen atoms in total. The summed E-state index contributed by atoms with van der Waals surface area (Å²) in [4.78, 5) is 13.2. The third-order valence-corrected chi connectivity index (χ3v) is 4.52. The quantitative estimate of drug-likeness (QED) is 0.688. The van der Waals surface area contributed by atoms with Crippen LogP contribution in [0, 0.1) is 0 Å². The largest absolute Gasteiger partial charge is 0.320 e. The van der Waals surface area contributed by atoms with Gasteiger partial charge in [-0.25, -0.2) is 9.58 Å². The number of carbonyl (C=O) groups is 1. The number of nitrogens with zero attached hydrogens (tertiary/aromatic N) is 3. The molecular weight excluding hydrogens is 276 g/mol. The van der Waals surface area contributed by atoms with Gasteiger partial charge in [-0.15, -0.1) is 0 Å². The maximum Gasteiger partial charge on any atom is 0.299 e. The topological polar surface area (TPSA) is 41.1 Å². The summed E-state index contributed by atoms with van der Waals surface area (Å²) >= 11 is 0. The van der Waals surface area contributed by atoms with Crippen LogP contribution in [0.5, 0.6) is 0 Å². The van der Waals surface area contributed by atoms with Crippen LogP contribution >= 0.6 is 0 Å². The molecule has 1 fully saturated rings. The Labute approximate surface area is 131 Å². The molecule has 22 heavy (non-hydrogen) atoms. The van der Waals surface area contributed by atoms with E-state index in [1.165, 1.54) is 11.3 Å². The average molecular weight is 299 g/mol. The van der Waals surface area contributed by atoms with Gasteiger partial charge in [-0.2, -0.15) is 4.68 Å². The smallest absolute Gasteiger partial charge is 0.299 e. The molecule has 1 aromatic carbocycles. The summed E-state index contributed by atoms with van der Waals surface area (Å²) in [6, 6.07) is 12.6. The molecule has 0 saturated carbocycles. The SMILES string of the molecule is Cn1c(-c2ccccc2)cc(N2CCCCC2NC=O)[n+]1C. The number of nitrogens with one attached hydrogen (secondary N) is 1. The standard InChI is InChI=1S/C17H22N4O/c1-19-15(14-8-4-3-5-9-14)12-17(20(19)2)21-11-7-6-10-16(21)18-13-22/h3-5,8-9,12-13,16H,6-7,10-11H2,1-2H3/p+1. The number of hydrogen-bond acceptors (Lipinski definition) is 2. The molecule has 1 amide bonds. The van der Waals surface area contributed by atoms with Crippen LogP contribution in [0.3, 0.4) is 0 Å². The Morgan fingerprint density at radius 1 is 1.27 bits per heavy atom. The lowest BCUT2D eigenvalue weighted by Gasteiger charge is -2.29. The zero-order chi connectivity index (χ0) is 15.5. The zero-order valence-corrected chi connectivity index (χ0v) is 13.2. The number of anilines is 1. The highest BCUT2D eigenvalue weighted by atomic mass is 16.1. The minimum absolute atomic E-state index is 0.0865. The summed E-state index contributed by atoms with van der Waals surface area (Å²) in [6.45, 7) is 0.970. The molecule has 1 atom stereocenters. The van der Waals surface area contributed by atoms with E-state index in [2.05, 4.69) is 64.0 Å². The van der Waals surface area contributed by atoms with Crippen LogP contribution in [0.25, 0.3) is 11.3 Å². The molecular formula is C17H23N4O+. The summed E-state index contributed by atoms with van der Waals surface area (Å²) in [6.07, 6.45) is 4.21. The summed E-state index contributed by atoms with van der Waals surface area (Å²) in [5.41, 5.74) is 2.37. The Hall–Kier alpha value is -2.30. The number of amides is 1. The number of hydrogen-bond donors (Lipinski definition) is 1. The summed E-state index contributed by atoms with van der Waals surface area (Å²) in [5.74, 6) is 1.14. The Balaban J connectivity index is 1.99. The van der Waals surface area contributed by atoms with E-state index >= 15 is 0 Å². The molecule has 2 heterocycles. The van der Waals surface area contributed by atoms with Gasteiger partial charge in [-0.05, 0) is 12.8 Å². The lowest BCUT2D eigenvalue weighted by molar-refractivity contribution is -0.739. The predicted octanol–water partition coefficient (Wildman–Crippen LogP) is 1.58. The van der Waals surface area contributed by atoms with E-state index in [1.54, 1.807) is 0 Å². The first-order chi connectivity index (χ1) is 10.7. The second-order valence-electron chi connectivity index (χ2n) is 5.79. The second-order valence-corrected chi connectivity index (χ2v) is 5.79. The molecule has 1 saturated heterocycles. The molecule has 0 spiro atoms. The minimum atomic E-state index is 0.0865. The van der Waals surface area contributed by atoms with Crippen molar-refractivity contribution in [2.24, 2.45) is 14.1 Å². The monoisotopic (exact) mass is 299 g/mol. The van der Waals surface area contributed by atoms with Gasteiger partial charge in [0.05, 0.1) is 18.3 Å². The van der Waals surface area contributed by atoms with Crippen LogP contribution in [-0.4, -0.2) is 23.8 Å². The van der Waals surface area contributed by atoms with E-state index < -0.39 is 0 Å². The molecule has 1 N–H and O–H groups in total. The normalized spacial score (nSPS) is 18.3. The van der Waals surface area contributed by atoms with Crippen molar-refractivity contribution >= 4 is 12.2 Å². The first kappa shape index (κ1) is 14.6. The molecule has 2 aromatic rings. The van der Waals surface area contributed by atoms with Gasteiger partial charge in [-0.3, -0.25) is 4.79 Å². The van der Waals surface area contributed by atoms with E-state index in [0.29, 0.717) is 0 Å². The summed E-state index contributed by atoms with van der Waals surface area (Å²) in [5, 5.41) is 2.95. The lowest BCUT2D eigenvalue weighted by atomic mass is 10.1. The van der Waals surface area contributed by atoms with Crippen LogP contribution in [0.1, 0.15) is 19.3 Å². The van der Waals surface area contributed by atoms with Crippen molar-refractivity contribution in [1.82, 2.24) is 10.00 Å². The van der Waals surface area contributed by atoms with Gasteiger partial charge in [0, 0.05) is 19.0 Å². The van der Waals surface area contributed by atoms with Gasteiger partial charge in [0.25, 0.3) is 5.82 Å². The highest BCUT2D eigenvalue weighted by molar-refractivity contribution is 5.62. The van der Waals surface area contributed by atoms with Crippen LogP contribution in [-0.2, 0) is 18.9 Å². The van der Waals surface area contributed by atoms with Gasteiger partial charge in [0.1, 0.15) is 7.05 Å². The van der Waals surface area contributed by atoms with Gasteiger partial charge in [-0.1, -0.05) is 30.3 Å². The maximum absolute atomic E-state index is 10.9. The highest BCUT2D eigenvalue weighted by Gasteiger charge is 2.32. The number of piperidine rings is 1. The fourth-order valence-corrected chi connectivity index (χ4v) is 3.23. The van der Waals surface area contributed by atoms with E-state index in [1.807, 2.05) is 6.07 Å². The highest BCUT2D eigenvalue weighted by Crippen LogP contribution is 2.26. The molecule has 0 aliphatic carbocycles. The predicted molar refractivity (Wildman–Crippen MR) is 86.2 cm³/mol. The van der Waals surface area contributed by atoms with Crippen LogP contribution < -0.4 is 14.9 Å². The van der Waals surface area contributed by atoms with Crippen LogP contribution in [0.4, 0.5) is 5.82 Å². The van der Waals surface area contributed by atoms with Gasteiger partial charge < -0.3 is 5.32 Å². The van der Waals surface area contributed by atoms with Crippen LogP contribution in [0.15, 0.2) is 36.4 Å². The van der Waals surface area contributed by atoms with E-state index in [4.69, 9.17) is 0 Å². The van der Waals surface area contributed by atoms with E-state index in [-0.39, 0.29) is 6.17 Å². The molecule has 3 rings (SSSR count). The van der Waals surface area contributed by atoms with Gasteiger partial charge in [0.15, 0.2) is 6.17 Å². The third kappa shape index (κ3) is 2.58. The Morgan fingerprint density at radius 3 is 2.77 bits per heavy atom. The number of aromatic nitrogens is 2. The molecule has 5 heteroatoms. The first-order valence-electron chi connectivity index (χ1n) is 7.80. The average Bonchev–Trinajstić information content (AvgIpc) is 2.85. The van der Waals surface area contributed by atoms with Crippen molar-refractivity contribution in [3.8, 4) is 11.3 Å². The molecule has 0 radical (unpaired) electrons. The van der Waals surface area contributed by atoms with Gasteiger partial charge in [0.2, 0.25) is 6.41 Å². The fourth-order valence-electron chi connectivity index (χ4n) is 3.23. The minimum Gasteiger partial charge on any atom is -0.320 e. The summed E-state index contributed by atoms with van der Waals surface area (Å²) < 4.78 is 4.30. The van der Waals surface area contributed by atoms with E-state index in [0.717, 1.165) is 38.0 Å². The molecule has 116 valence electrons. The molecule has 0 bridgehead atoms. The number of rotatable bonds is 4. The van der Waals surface area contributed by atoms with Crippen molar-refractivity contribution in [1.29, 1.82) is 0 Å². The van der Waals surface area contributed by atoms with E-state index in [9.17, 15) is 4.79 Å². The number of benzene rings is 1. The molecule has 1 aromatic heterocycles. The molecule has 1 unspecified atom stereocenters. The maximum atomic E-state index is 10.9.